The highest BCUT2D eigenvalue weighted by Crippen LogP contribution is 2.19. The van der Waals surface area contributed by atoms with Crippen LogP contribution in [-0.4, -0.2) is 41.5 Å². The Labute approximate surface area is 130 Å². The molecule has 0 bridgehead atoms. The van der Waals surface area contributed by atoms with Gasteiger partial charge in [0.05, 0.1) is 19.1 Å². The molecule has 2 heterocycles. The van der Waals surface area contributed by atoms with E-state index in [0.717, 1.165) is 48.5 Å². The van der Waals surface area contributed by atoms with E-state index in [1.54, 1.807) is 7.11 Å². The normalized spacial score (nSPS) is 11.4. The van der Waals surface area contributed by atoms with Crippen LogP contribution in [0.1, 0.15) is 24.2 Å². The number of pyridine rings is 1. The number of aromatic nitrogens is 3. The molecule has 2 aromatic heterocycles. The van der Waals surface area contributed by atoms with Gasteiger partial charge in [-0.2, -0.15) is 0 Å². The van der Waals surface area contributed by atoms with Crippen LogP contribution in [0, 0.1) is 6.92 Å². The lowest BCUT2D eigenvalue weighted by atomic mass is 10.2. The fourth-order valence-electron chi connectivity index (χ4n) is 2.24. The Hall–Kier alpha value is -1.17. The molecule has 0 saturated heterocycles. The lowest BCUT2D eigenvalue weighted by Crippen LogP contribution is -2.06. The van der Waals surface area contributed by atoms with Gasteiger partial charge >= 0.3 is 0 Å². The van der Waals surface area contributed by atoms with Crippen molar-refractivity contribution in [3.05, 3.63) is 23.7 Å². The van der Waals surface area contributed by atoms with Crippen LogP contribution in [0.4, 0.5) is 0 Å². The number of alkyl halides is 1. The smallest absolute Gasteiger partial charge is 0.160 e. The molecule has 0 unspecified atom stereocenters. The number of unbranched alkanes of at least 4 members (excludes halogenated alkanes) is 1. The van der Waals surface area contributed by atoms with Crippen molar-refractivity contribution in [2.24, 2.45) is 0 Å². The minimum Gasteiger partial charge on any atom is -0.382 e. The van der Waals surface area contributed by atoms with E-state index in [9.17, 15) is 0 Å². The molecule has 2 rings (SSSR count). The monoisotopic (exact) mass is 311 g/mol. The van der Waals surface area contributed by atoms with E-state index in [2.05, 4.69) is 14.5 Å². The third-order valence-corrected chi connectivity index (χ3v) is 3.63. The average molecular weight is 312 g/mol. The Bertz CT molecular complexity index is 571. The molecule has 2 aromatic rings. The summed E-state index contributed by atoms with van der Waals surface area (Å²) in [6.45, 7) is 4.95. The van der Waals surface area contributed by atoms with Gasteiger partial charge in [0.15, 0.2) is 5.65 Å². The molecule has 0 aromatic carbocycles. The molecule has 0 aliphatic rings. The first-order valence-electron chi connectivity index (χ1n) is 7.21. The van der Waals surface area contributed by atoms with E-state index < -0.39 is 0 Å². The maximum absolute atomic E-state index is 6.00. The van der Waals surface area contributed by atoms with Crippen molar-refractivity contribution < 1.29 is 9.47 Å². The van der Waals surface area contributed by atoms with Gasteiger partial charge in [0.25, 0.3) is 0 Å². The summed E-state index contributed by atoms with van der Waals surface area (Å²) < 4.78 is 12.5. The van der Waals surface area contributed by atoms with E-state index in [1.807, 2.05) is 19.2 Å². The zero-order valence-corrected chi connectivity index (χ0v) is 13.4. The number of nitrogens with zero attached hydrogens (tertiary/aromatic N) is 3. The molecule has 21 heavy (non-hydrogen) atoms. The lowest BCUT2D eigenvalue weighted by Gasteiger charge is -2.07. The Kier molecular flexibility index (Phi) is 6.42. The standard InChI is InChI=1S/C15H22ClN3O2/c1-12-5-6-17-15-14(12)18-13(11-16)19(15)7-3-4-8-21-10-9-20-2/h5-6H,3-4,7-11H2,1-2H3. The van der Waals surface area contributed by atoms with Gasteiger partial charge in [-0.3, -0.25) is 0 Å². The van der Waals surface area contributed by atoms with Gasteiger partial charge in [0.2, 0.25) is 0 Å². The van der Waals surface area contributed by atoms with E-state index in [-0.39, 0.29) is 0 Å². The van der Waals surface area contributed by atoms with Crippen LogP contribution in [0.25, 0.3) is 11.2 Å². The Morgan fingerprint density at radius 2 is 2.10 bits per heavy atom. The van der Waals surface area contributed by atoms with Crippen molar-refractivity contribution in [1.29, 1.82) is 0 Å². The van der Waals surface area contributed by atoms with Gasteiger partial charge < -0.3 is 14.0 Å². The van der Waals surface area contributed by atoms with E-state index in [0.29, 0.717) is 19.1 Å². The van der Waals surface area contributed by atoms with Crippen molar-refractivity contribution in [2.75, 3.05) is 26.9 Å². The van der Waals surface area contributed by atoms with Crippen LogP contribution < -0.4 is 0 Å². The minimum atomic E-state index is 0.403. The van der Waals surface area contributed by atoms with Gasteiger partial charge in [0.1, 0.15) is 11.3 Å². The predicted molar refractivity (Wildman–Crippen MR) is 83.8 cm³/mol. The highest BCUT2D eigenvalue weighted by Gasteiger charge is 2.12. The minimum absolute atomic E-state index is 0.403. The predicted octanol–water partition coefficient (Wildman–Crippen LogP) is 2.92. The molecular weight excluding hydrogens is 290 g/mol. The molecule has 6 heteroatoms. The van der Waals surface area contributed by atoms with Crippen LogP contribution in [0.5, 0.6) is 0 Å². The van der Waals surface area contributed by atoms with Gasteiger partial charge in [0, 0.05) is 26.5 Å². The Morgan fingerprint density at radius 1 is 1.24 bits per heavy atom. The maximum Gasteiger partial charge on any atom is 0.160 e. The molecule has 0 fully saturated rings. The summed E-state index contributed by atoms with van der Waals surface area (Å²) in [5, 5.41) is 0. The molecule has 0 atom stereocenters. The van der Waals surface area contributed by atoms with Crippen molar-refractivity contribution in [3.8, 4) is 0 Å². The highest BCUT2D eigenvalue weighted by molar-refractivity contribution is 6.16. The second-order valence-corrected chi connectivity index (χ2v) is 5.19. The van der Waals surface area contributed by atoms with Crippen LogP contribution in [0.15, 0.2) is 12.3 Å². The van der Waals surface area contributed by atoms with Crippen LogP contribution >= 0.6 is 11.6 Å². The molecule has 0 radical (unpaired) electrons. The number of ether oxygens (including phenoxy) is 2. The first kappa shape index (κ1) is 16.2. The van der Waals surface area contributed by atoms with E-state index >= 15 is 0 Å². The number of imidazole rings is 1. The summed E-state index contributed by atoms with van der Waals surface area (Å²) in [5.41, 5.74) is 3.00. The lowest BCUT2D eigenvalue weighted by molar-refractivity contribution is 0.0684. The summed E-state index contributed by atoms with van der Waals surface area (Å²) in [6, 6.07) is 1.97. The van der Waals surface area contributed by atoms with Crippen molar-refractivity contribution in [3.63, 3.8) is 0 Å². The topological polar surface area (TPSA) is 49.2 Å². The molecule has 0 spiro atoms. The van der Waals surface area contributed by atoms with E-state index in [4.69, 9.17) is 21.1 Å². The van der Waals surface area contributed by atoms with Gasteiger partial charge in [-0.05, 0) is 31.4 Å². The zero-order chi connectivity index (χ0) is 15.1. The first-order chi connectivity index (χ1) is 10.3. The molecule has 0 aliphatic heterocycles. The quantitative estimate of drug-likeness (QED) is 0.528. The molecule has 116 valence electrons. The number of halogens is 1. The van der Waals surface area contributed by atoms with Crippen LogP contribution in [0.3, 0.4) is 0 Å². The van der Waals surface area contributed by atoms with Crippen LogP contribution in [-0.2, 0) is 21.9 Å². The summed E-state index contributed by atoms with van der Waals surface area (Å²) >= 11 is 6.00. The molecule has 0 N–H and O–H groups in total. The van der Waals surface area contributed by atoms with Crippen molar-refractivity contribution in [2.45, 2.75) is 32.2 Å². The fraction of sp³-hybridized carbons (Fsp3) is 0.600. The van der Waals surface area contributed by atoms with Crippen molar-refractivity contribution >= 4 is 22.8 Å². The summed E-state index contributed by atoms with van der Waals surface area (Å²) in [7, 11) is 1.68. The molecule has 5 nitrogen and oxygen atoms in total. The average Bonchev–Trinajstić information content (AvgIpc) is 2.86. The third kappa shape index (κ3) is 4.15. The maximum atomic E-state index is 6.00. The summed E-state index contributed by atoms with van der Waals surface area (Å²) in [5.74, 6) is 1.29. The number of methoxy groups -OCH3 is 1. The Balaban J connectivity index is 1.93. The first-order valence-corrected chi connectivity index (χ1v) is 7.74. The third-order valence-electron chi connectivity index (χ3n) is 3.39. The second kappa shape index (κ2) is 8.32. The number of rotatable bonds is 9. The van der Waals surface area contributed by atoms with Gasteiger partial charge in [-0.25, -0.2) is 9.97 Å². The Morgan fingerprint density at radius 3 is 2.86 bits per heavy atom. The molecular formula is C15H22ClN3O2. The van der Waals surface area contributed by atoms with Crippen LogP contribution in [0.2, 0.25) is 0 Å². The largest absolute Gasteiger partial charge is 0.382 e. The molecule has 0 amide bonds. The zero-order valence-electron chi connectivity index (χ0n) is 12.6. The fourth-order valence-corrected chi connectivity index (χ4v) is 2.44. The molecule has 0 aliphatic carbocycles. The van der Waals surface area contributed by atoms with E-state index in [1.165, 1.54) is 0 Å². The SMILES string of the molecule is COCCOCCCCn1c(CCl)nc2c(C)ccnc21. The van der Waals surface area contributed by atoms with Crippen molar-refractivity contribution in [1.82, 2.24) is 14.5 Å². The van der Waals surface area contributed by atoms with Gasteiger partial charge in [-0.15, -0.1) is 11.6 Å². The van der Waals surface area contributed by atoms with Gasteiger partial charge in [-0.1, -0.05) is 0 Å². The number of hydrogen-bond acceptors (Lipinski definition) is 4. The number of hydrogen-bond donors (Lipinski definition) is 0. The molecule has 0 saturated carbocycles. The summed E-state index contributed by atoms with van der Waals surface area (Å²) in [4.78, 5) is 9.03. The number of aryl methyl sites for hydroxylation is 2. The highest BCUT2D eigenvalue weighted by atomic mass is 35.5. The second-order valence-electron chi connectivity index (χ2n) is 4.93. The summed E-state index contributed by atoms with van der Waals surface area (Å²) in [6.07, 6.45) is 3.83. The number of fused-ring (bicyclic) bond motifs is 1.